The minimum atomic E-state index is -1.88. The minimum Gasteiger partial charge on any atom is -0.739 e. The molecule has 2 rings (SSSR count). The van der Waals surface area contributed by atoms with Crippen molar-refractivity contribution in [2.24, 2.45) is 5.28 Å². The Kier molecular flexibility index (Phi) is 13.1. The van der Waals surface area contributed by atoms with Crippen LogP contribution in [0.2, 0.25) is 0 Å². The maximum absolute atomic E-state index is 12.2. The van der Waals surface area contributed by atoms with E-state index in [1.807, 2.05) is 10.6 Å². The summed E-state index contributed by atoms with van der Waals surface area (Å²) < 4.78 is 6.24. The van der Waals surface area contributed by atoms with E-state index in [-0.39, 0.29) is 109 Å². The molecule has 0 spiro atoms. The third-order valence-electron chi connectivity index (χ3n) is 3.86. The Balaban J connectivity index is 0.00000392. The molecular weight excluding hydrogens is 450 g/mol. The van der Waals surface area contributed by atoms with Crippen molar-refractivity contribution >= 4 is 17.7 Å². The number of imidazole rings is 1. The maximum atomic E-state index is 12.2. The van der Waals surface area contributed by atoms with Crippen LogP contribution in [0.4, 0.5) is 5.82 Å². The van der Waals surface area contributed by atoms with Gasteiger partial charge in [-0.05, 0) is 5.28 Å². The Labute approximate surface area is 248 Å². The molecule has 1 aromatic heterocycles. The molecule has 1 fully saturated rings. The first kappa shape index (κ1) is 29.3. The SMILES string of the molecule is Nc1c(C(=O)NC(C/[N+]([O-])=N/[O-])C(=O)[O-])ncn1[C@@H]1O[C@H](CO)[C@@H](O)[C@H]1O.[K+].[K+]. The van der Waals surface area contributed by atoms with Crippen LogP contribution in [0, 0.1) is 10.4 Å². The van der Waals surface area contributed by atoms with Crippen LogP contribution >= 0.6 is 0 Å². The summed E-state index contributed by atoms with van der Waals surface area (Å²) in [4.78, 5) is 26.3. The summed E-state index contributed by atoms with van der Waals surface area (Å²) >= 11 is 0. The van der Waals surface area contributed by atoms with Crippen LogP contribution in [-0.2, 0) is 9.53 Å². The quantitative estimate of drug-likeness (QED) is 0.109. The van der Waals surface area contributed by atoms with E-state index < -0.39 is 66.2 Å². The van der Waals surface area contributed by atoms with Crippen LogP contribution in [0.3, 0.4) is 0 Å². The number of amides is 1. The fraction of sp³-hybridized carbons (Fsp3) is 0.583. The number of nitrogens with zero attached hydrogens (tertiary/aromatic N) is 4. The van der Waals surface area contributed by atoms with Gasteiger partial charge in [0.25, 0.3) is 5.91 Å². The molecule has 29 heavy (non-hydrogen) atoms. The van der Waals surface area contributed by atoms with Gasteiger partial charge in [0.15, 0.2) is 11.9 Å². The van der Waals surface area contributed by atoms with E-state index in [1.54, 1.807) is 0 Å². The van der Waals surface area contributed by atoms with E-state index in [4.69, 9.17) is 15.6 Å². The van der Waals surface area contributed by atoms with Crippen molar-refractivity contribution in [3.05, 3.63) is 22.4 Å². The van der Waals surface area contributed by atoms with Crippen LogP contribution in [0.1, 0.15) is 16.7 Å². The molecule has 1 aliphatic heterocycles. The predicted molar refractivity (Wildman–Crippen MR) is 80.2 cm³/mol. The Hall–Kier alpha value is 0.263. The van der Waals surface area contributed by atoms with Crippen molar-refractivity contribution in [3.63, 3.8) is 0 Å². The number of carbonyl (C=O) groups excluding carboxylic acids is 2. The third-order valence-corrected chi connectivity index (χ3v) is 3.86. The number of carboxylic acids is 1. The second kappa shape index (κ2) is 13.0. The average molecular weight is 466 g/mol. The molecule has 1 saturated heterocycles. The summed E-state index contributed by atoms with van der Waals surface area (Å²) in [5, 5.41) is 64.6. The van der Waals surface area contributed by atoms with Gasteiger partial charge in [0.05, 0.1) is 18.9 Å². The second-order valence-corrected chi connectivity index (χ2v) is 5.58. The number of aliphatic hydroxyl groups excluding tert-OH is 3. The number of carboxylic acid groups (broad SMARTS) is 1. The van der Waals surface area contributed by atoms with Gasteiger partial charge in [-0.15, -0.1) is 0 Å². The summed E-state index contributed by atoms with van der Waals surface area (Å²) in [6, 6.07) is -1.88. The van der Waals surface area contributed by atoms with Gasteiger partial charge in [-0.3, -0.25) is 9.36 Å². The van der Waals surface area contributed by atoms with E-state index in [0.717, 1.165) is 10.9 Å². The number of aliphatic carboxylic acids is 1. The van der Waals surface area contributed by atoms with Crippen LogP contribution in [0.5, 0.6) is 0 Å². The number of nitrogens with two attached hydrogens (primary N) is 1. The van der Waals surface area contributed by atoms with Crippen molar-refractivity contribution in [1.29, 1.82) is 0 Å². The van der Waals surface area contributed by atoms with Gasteiger partial charge in [-0.1, -0.05) is 4.86 Å². The Morgan fingerprint density at radius 2 is 2.03 bits per heavy atom. The third kappa shape index (κ3) is 6.87. The smallest absolute Gasteiger partial charge is 0.739 e. The van der Waals surface area contributed by atoms with E-state index in [1.165, 1.54) is 0 Å². The zero-order valence-electron chi connectivity index (χ0n) is 15.5. The number of hydrogen-bond acceptors (Lipinski definition) is 12. The Morgan fingerprint density at radius 3 is 2.52 bits per heavy atom. The molecular formula is C12H16K2N6O9. The summed E-state index contributed by atoms with van der Waals surface area (Å²) in [5.41, 5.74) is 5.28. The molecule has 0 bridgehead atoms. The van der Waals surface area contributed by atoms with Crippen molar-refractivity contribution in [2.75, 3.05) is 18.9 Å². The molecule has 0 radical (unpaired) electrons. The zero-order chi connectivity index (χ0) is 20.3. The molecule has 1 unspecified atom stereocenters. The van der Waals surface area contributed by atoms with Gasteiger partial charge in [-0.2, -0.15) is 0 Å². The monoisotopic (exact) mass is 466 g/mol. The standard InChI is InChI=1S/C12H18N6O9.2K/c13-9-6(10(22)15-4(12(23)24)1-18(26)16-25)14-3-17(9)11-8(21)7(20)5(2-19)27-11;;/h3-5,7-8,11,19-21,25H,1-2,13H2,(H,15,22)(H,23,24);;/q;2*+1/p-2/b18-16-;;/t4?,5-,7-,8-,11-;;/m1../s1. The molecule has 0 saturated carbocycles. The molecule has 150 valence electrons. The number of carbonyl (C=O) groups is 2. The fourth-order valence-electron chi connectivity index (χ4n) is 2.45. The van der Waals surface area contributed by atoms with Crippen LogP contribution in [0.25, 0.3) is 0 Å². The van der Waals surface area contributed by atoms with Gasteiger partial charge >= 0.3 is 103 Å². The number of anilines is 1. The van der Waals surface area contributed by atoms with Gasteiger partial charge < -0.3 is 51.4 Å². The van der Waals surface area contributed by atoms with Crippen molar-refractivity contribution < 1.29 is 142 Å². The summed E-state index contributed by atoms with van der Waals surface area (Å²) in [6.45, 7) is -1.59. The first-order chi connectivity index (χ1) is 12.7. The van der Waals surface area contributed by atoms with Gasteiger partial charge in [-0.25, -0.2) is 4.98 Å². The van der Waals surface area contributed by atoms with Gasteiger partial charge in [0, 0.05) is 0 Å². The maximum Gasteiger partial charge on any atom is 1.00 e. The average Bonchev–Trinajstić information content (AvgIpc) is 3.14. The molecule has 0 aliphatic carbocycles. The van der Waals surface area contributed by atoms with Crippen LogP contribution in [-0.4, -0.2) is 79.1 Å². The molecule has 15 nitrogen and oxygen atoms in total. The molecule has 1 aromatic rings. The summed E-state index contributed by atoms with van der Waals surface area (Å²) in [6.07, 6.45) is -4.27. The van der Waals surface area contributed by atoms with E-state index >= 15 is 0 Å². The molecule has 1 aliphatic rings. The Bertz CT molecular complexity index is 747. The summed E-state index contributed by atoms with van der Waals surface area (Å²) in [7, 11) is 0. The first-order valence-corrected chi connectivity index (χ1v) is 7.45. The topological polar surface area (TPSA) is 244 Å². The molecule has 0 aromatic carbocycles. The number of nitrogen functional groups attached to an aromatic ring is 1. The predicted octanol–water partition coefficient (Wildman–Crippen LogP) is -10.6. The normalized spacial score (nSPS) is 24.9. The van der Waals surface area contributed by atoms with Gasteiger partial charge in [0.1, 0.15) is 30.2 Å². The molecule has 1 amide bonds. The molecule has 6 N–H and O–H groups in total. The number of aromatic nitrogens is 2. The van der Waals surface area contributed by atoms with Crippen LogP contribution in [0.15, 0.2) is 11.6 Å². The number of hydrogen-bond donors (Lipinski definition) is 5. The molecule has 2 heterocycles. The fourth-order valence-corrected chi connectivity index (χ4v) is 2.45. The second-order valence-electron chi connectivity index (χ2n) is 5.58. The van der Waals surface area contributed by atoms with E-state index in [9.17, 15) is 35.3 Å². The number of nitrogens with one attached hydrogen (secondary N) is 1. The Morgan fingerprint density at radius 1 is 1.41 bits per heavy atom. The van der Waals surface area contributed by atoms with Crippen molar-refractivity contribution in [2.45, 2.75) is 30.6 Å². The number of aliphatic hydroxyl groups is 3. The van der Waals surface area contributed by atoms with Crippen molar-refractivity contribution in [1.82, 2.24) is 14.9 Å². The largest absolute Gasteiger partial charge is 1.00 e. The molecule has 17 heteroatoms. The number of rotatable bonds is 7. The molecule has 5 atom stereocenters. The summed E-state index contributed by atoms with van der Waals surface area (Å²) in [5.74, 6) is -3.33. The zero-order valence-corrected chi connectivity index (χ0v) is 21.8. The van der Waals surface area contributed by atoms with Crippen LogP contribution < -0.4 is 119 Å². The van der Waals surface area contributed by atoms with E-state index in [2.05, 4.69) is 4.98 Å². The van der Waals surface area contributed by atoms with E-state index in [0.29, 0.717) is 0 Å². The number of hydroxylamine groups is 1. The van der Waals surface area contributed by atoms with Crippen molar-refractivity contribution in [3.8, 4) is 0 Å². The minimum absolute atomic E-state index is 0. The van der Waals surface area contributed by atoms with Gasteiger partial charge in [0.2, 0.25) is 6.54 Å². The number of ether oxygens (including phenoxy) is 1. The first-order valence-electron chi connectivity index (χ1n) is 7.45.